The summed E-state index contributed by atoms with van der Waals surface area (Å²) in [6.07, 6.45) is 1.26. The molecule has 0 saturated heterocycles. The predicted octanol–water partition coefficient (Wildman–Crippen LogP) is 0.786. The van der Waals surface area contributed by atoms with Crippen molar-refractivity contribution in [2.24, 2.45) is 4.99 Å². The summed E-state index contributed by atoms with van der Waals surface area (Å²) in [5, 5.41) is 1.81. The van der Waals surface area contributed by atoms with Crippen molar-refractivity contribution in [3.8, 4) is 0 Å². The quantitative estimate of drug-likeness (QED) is 0.483. The summed E-state index contributed by atoms with van der Waals surface area (Å²) in [6.45, 7) is 0. The van der Waals surface area contributed by atoms with Crippen LogP contribution in [0.3, 0.4) is 0 Å². The van der Waals surface area contributed by atoms with Gasteiger partial charge in [-0.3, -0.25) is 0 Å². The van der Waals surface area contributed by atoms with Crippen LogP contribution in [0.15, 0.2) is 29.3 Å². The van der Waals surface area contributed by atoms with Crippen LogP contribution in [0.25, 0.3) is 6.08 Å². The van der Waals surface area contributed by atoms with Crippen LogP contribution in [0.4, 0.5) is 4.39 Å². The molecule has 1 nitrogen and oxygen atoms in total. The van der Waals surface area contributed by atoms with E-state index in [9.17, 15) is 4.39 Å². The minimum atomic E-state index is -1.04. The van der Waals surface area contributed by atoms with Gasteiger partial charge in [-0.05, 0) is 11.3 Å². The second-order valence-electron chi connectivity index (χ2n) is 2.56. The largest absolute Gasteiger partial charge is 0.248 e. The van der Waals surface area contributed by atoms with Crippen LogP contribution in [0.1, 0.15) is 6.42 Å². The first-order valence-corrected chi connectivity index (χ1v) is 3.63. The lowest BCUT2D eigenvalue weighted by molar-refractivity contribution is 0.346. The number of halogens is 1. The highest BCUT2D eigenvalue weighted by Crippen LogP contribution is 2.00. The van der Waals surface area contributed by atoms with Gasteiger partial charge >= 0.3 is 0 Å². The molecule has 0 radical (unpaired) electrons. The molecule has 1 aromatic rings. The normalized spacial score (nSPS) is 21.4. The zero-order valence-electron chi connectivity index (χ0n) is 6.00. The third-order valence-electron chi connectivity index (χ3n) is 1.75. The molecule has 11 heavy (non-hydrogen) atoms. The van der Waals surface area contributed by atoms with Crippen molar-refractivity contribution in [2.75, 3.05) is 0 Å². The minimum Gasteiger partial charge on any atom is -0.248 e. The molecule has 0 N–H and O–H groups in total. The fourth-order valence-corrected chi connectivity index (χ4v) is 1.21. The number of hydrogen-bond acceptors (Lipinski definition) is 1. The number of fused-ring (bicyclic) bond motifs is 1. The number of hydrogen-bond donors (Lipinski definition) is 0. The SMILES string of the molecule is FC1CC=c2ccccc2=N1. The Bertz CT molecular complexity index is 369. The Morgan fingerprint density at radius 1 is 1.36 bits per heavy atom. The third-order valence-corrected chi connectivity index (χ3v) is 1.75. The van der Waals surface area contributed by atoms with E-state index in [1.54, 1.807) is 0 Å². The van der Waals surface area contributed by atoms with Gasteiger partial charge in [-0.1, -0.05) is 24.3 Å². The van der Waals surface area contributed by atoms with Crippen molar-refractivity contribution in [3.63, 3.8) is 0 Å². The van der Waals surface area contributed by atoms with Crippen LogP contribution >= 0.6 is 0 Å². The summed E-state index contributed by atoms with van der Waals surface area (Å²) in [5.41, 5.74) is 0. The van der Waals surface area contributed by atoms with Gasteiger partial charge in [0.15, 0.2) is 6.30 Å². The molecular formula is C9H8FN. The van der Waals surface area contributed by atoms with Gasteiger partial charge in [0.05, 0.1) is 5.36 Å². The standard InChI is InChI=1S/C9H8FN/c10-9-6-5-7-3-1-2-4-8(7)11-9/h1-5,9H,6H2. The molecule has 1 aliphatic rings. The fraction of sp³-hybridized carbons (Fsp3) is 0.222. The van der Waals surface area contributed by atoms with Crippen molar-refractivity contribution >= 4 is 6.08 Å². The number of alkyl halides is 1. The van der Waals surface area contributed by atoms with Crippen molar-refractivity contribution < 1.29 is 4.39 Å². The number of benzene rings is 1. The zero-order chi connectivity index (χ0) is 7.68. The minimum absolute atomic E-state index is 0.414. The number of para-hydroxylation sites is 1. The van der Waals surface area contributed by atoms with E-state index in [0.29, 0.717) is 6.42 Å². The molecule has 1 heterocycles. The van der Waals surface area contributed by atoms with Gasteiger partial charge in [0.2, 0.25) is 0 Å². The van der Waals surface area contributed by atoms with Gasteiger partial charge < -0.3 is 0 Å². The molecule has 2 rings (SSSR count). The summed E-state index contributed by atoms with van der Waals surface area (Å²) < 4.78 is 12.7. The Labute approximate surface area is 63.9 Å². The molecule has 56 valence electrons. The van der Waals surface area contributed by atoms with Crippen LogP contribution in [-0.4, -0.2) is 6.30 Å². The molecule has 1 aliphatic heterocycles. The van der Waals surface area contributed by atoms with Crippen molar-refractivity contribution in [1.82, 2.24) is 0 Å². The van der Waals surface area contributed by atoms with Gasteiger partial charge in [0, 0.05) is 6.42 Å². The lowest BCUT2D eigenvalue weighted by Gasteiger charge is -2.02. The van der Waals surface area contributed by atoms with Crippen LogP contribution in [0, 0.1) is 0 Å². The van der Waals surface area contributed by atoms with E-state index in [4.69, 9.17) is 0 Å². The van der Waals surface area contributed by atoms with E-state index in [-0.39, 0.29) is 0 Å². The van der Waals surface area contributed by atoms with Crippen LogP contribution < -0.4 is 10.6 Å². The first kappa shape index (κ1) is 6.53. The van der Waals surface area contributed by atoms with Crippen LogP contribution in [0.2, 0.25) is 0 Å². The first-order chi connectivity index (χ1) is 5.36. The maximum Gasteiger partial charge on any atom is 0.193 e. The zero-order valence-corrected chi connectivity index (χ0v) is 6.00. The van der Waals surface area contributed by atoms with Crippen molar-refractivity contribution in [2.45, 2.75) is 12.7 Å². The molecule has 1 unspecified atom stereocenters. The molecular weight excluding hydrogens is 141 g/mol. The Morgan fingerprint density at radius 3 is 3.09 bits per heavy atom. The summed E-state index contributed by atoms with van der Waals surface area (Å²) in [5.74, 6) is 0. The lowest BCUT2D eigenvalue weighted by Crippen LogP contribution is -2.29. The summed E-state index contributed by atoms with van der Waals surface area (Å²) in [7, 11) is 0. The Balaban J connectivity index is 2.73. The highest BCUT2D eigenvalue weighted by atomic mass is 19.1. The highest BCUT2D eigenvalue weighted by Gasteiger charge is 2.03. The molecule has 0 aliphatic carbocycles. The summed E-state index contributed by atoms with van der Waals surface area (Å²) in [6, 6.07) is 7.58. The highest BCUT2D eigenvalue weighted by molar-refractivity contribution is 5.25. The monoisotopic (exact) mass is 149 g/mol. The van der Waals surface area contributed by atoms with E-state index >= 15 is 0 Å². The number of rotatable bonds is 0. The fourth-order valence-electron chi connectivity index (χ4n) is 1.21. The molecule has 0 saturated carbocycles. The Morgan fingerprint density at radius 2 is 2.18 bits per heavy atom. The molecule has 0 amide bonds. The maximum atomic E-state index is 12.7. The molecule has 1 aromatic carbocycles. The van der Waals surface area contributed by atoms with E-state index in [1.807, 2.05) is 30.3 Å². The van der Waals surface area contributed by atoms with Crippen molar-refractivity contribution in [1.29, 1.82) is 0 Å². The van der Waals surface area contributed by atoms with Gasteiger partial charge in [-0.2, -0.15) is 0 Å². The van der Waals surface area contributed by atoms with Gasteiger partial charge in [-0.25, -0.2) is 9.38 Å². The van der Waals surface area contributed by atoms with Crippen molar-refractivity contribution in [3.05, 3.63) is 34.8 Å². The molecule has 0 spiro atoms. The maximum absolute atomic E-state index is 12.7. The van der Waals surface area contributed by atoms with Crippen LogP contribution in [0.5, 0.6) is 0 Å². The second-order valence-corrected chi connectivity index (χ2v) is 2.56. The average Bonchev–Trinajstić information content (AvgIpc) is 2.04. The Kier molecular flexibility index (Phi) is 1.46. The van der Waals surface area contributed by atoms with Gasteiger partial charge in [0.1, 0.15) is 0 Å². The smallest absolute Gasteiger partial charge is 0.193 e. The van der Waals surface area contributed by atoms with E-state index in [2.05, 4.69) is 4.99 Å². The molecule has 0 aromatic heterocycles. The van der Waals surface area contributed by atoms with Gasteiger partial charge in [0.25, 0.3) is 0 Å². The Hall–Kier alpha value is -1.18. The van der Waals surface area contributed by atoms with Gasteiger partial charge in [-0.15, -0.1) is 0 Å². The molecule has 1 atom stereocenters. The van der Waals surface area contributed by atoms with E-state index < -0.39 is 6.30 Å². The predicted molar refractivity (Wildman–Crippen MR) is 41.2 cm³/mol. The molecule has 0 bridgehead atoms. The lowest BCUT2D eigenvalue weighted by atomic mass is 10.2. The van der Waals surface area contributed by atoms with Crippen LogP contribution in [-0.2, 0) is 0 Å². The molecule has 0 fully saturated rings. The van der Waals surface area contributed by atoms with E-state index in [1.165, 1.54) is 0 Å². The van der Waals surface area contributed by atoms with E-state index in [0.717, 1.165) is 10.6 Å². The molecule has 2 heteroatoms. The third kappa shape index (κ3) is 1.16. The second kappa shape index (κ2) is 2.46. The first-order valence-electron chi connectivity index (χ1n) is 3.63. The average molecular weight is 149 g/mol. The number of nitrogens with zero attached hydrogens (tertiary/aromatic N) is 1. The topological polar surface area (TPSA) is 12.4 Å². The summed E-state index contributed by atoms with van der Waals surface area (Å²) >= 11 is 0. The summed E-state index contributed by atoms with van der Waals surface area (Å²) in [4.78, 5) is 3.85.